The van der Waals surface area contributed by atoms with E-state index in [4.69, 9.17) is 9.47 Å². The number of aryl methyl sites for hydroxylation is 1. The Morgan fingerprint density at radius 2 is 1.82 bits per heavy atom. The smallest absolute Gasteiger partial charge is 0.338 e. The number of pyridine rings is 1. The molecule has 0 unspecified atom stereocenters. The Hall–Kier alpha value is -2.79. The van der Waals surface area contributed by atoms with Crippen molar-refractivity contribution in [2.24, 2.45) is 0 Å². The van der Waals surface area contributed by atoms with E-state index in [1.54, 1.807) is 12.1 Å². The highest BCUT2D eigenvalue weighted by atomic mass is 35.5. The van der Waals surface area contributed by atoms with E-state index < -0.39 is 0 Å². The van der Waals surface area contributed by atoms with Gasteiger partial charge in [0.15, 0.2) is 0 Å². The Bertz CT molecular complexity index is 942. The van der Waals surface area contributed by atoms with Gasteiger partial charge in [-0.3, -0.25) is 4.98 Å². The molecular weight excluding hydrogens is 376 g/mol. The lowest BCUT2D eigenvalue weighted by Gasteiger charge is -2.13. The molecule has 0 amide bonds. The lowest BCUT2D eigenvalue weighted by molar-refractivity contribution is -0.0000240. The van der Waals surface area contributed by atoms with Crippen molar-refractivity contribution in [3.05, 3.63) is 59.8 Å². The van der Waals surface area contributed by atoms with Crippen LogP contribution < -0.4 is 22.5 Å². The minimum Gasteiger partial charge on any atom is -1.00 e. The molecule has 1 heterocycles. The quantitative estimate of drug-likeness (QED) is 0.617. The summed E-state index contributed by atoms with van der Waals surface area (Å²) in [6, 6.07) is 15.2. The molecule has 0 aliphatic carbocycles. The zero-order valence-corrected chi connectivity index (χ0v) is 17.0. The molecule has 0 saturated heterocycles. The SMILES string of the molecule is CCCOC(=O)c1ccc(Nc2cc(C)nc3ccc(OCC)cc23)cc1.[Cl-]. The second-order valence-corrected chi connectivity index (χ2v) is 6.26. The standard InChI is InChI=1S/C22H24N2O3.ClH/c1-4-12-27-22(25)16-6-8-17(9-7-16)24-21-13-15(3)23-20-11-10-18(26-5-2)14-19(20)21;/h6-11,13-14H,4-5,12H2,1-3H3,(H,23,24);1H/p-1. The number of nitrogens with zero attached hydrogens (tertiary/aromatic N) is 1. The monoisotopic (exact) mass is 399 g/mol. The maximum atomic E-state index is 11.9. The number of aromatic nitrogens is 1. The number of carbonyl (C=O) groups is 1. The van der Waals surface area contributed by atoms with Crippen LogP contribution >= 0.6 is 0 Å². The van der Waals surface area contributed by atoms with Crippen LogP contribution in [0.2, 0.25) is 0 Å². The first-order valence-corrected chi connectivity index (χ1v) is 9.19. The fourth-order valence-corrected chi connectivity index (χ4v) is 2.82. The number of carbonyl (C=O) groups excluding carboxylic acids is 1. The number of nitrogens with one attached hydrogen (secondary N) is 1. The Morgan fingerprint density at radius 1 is 1.07 bits per heavy atom. The van der Waals surface area contributed by atoms with Crippen molar-refractivity contribution in [3.8, 4) is 5.75 Å². The summed E-state index contributed by atoms with van der Waals surface area (Å²) in [5.41, 5.74) is 4.20. The van der Waals surface area contributed by atoms with Gasteiger partial charge in [-0.2, -0.15) is 0 Å². The van der Waals surface area contributed by atoms with Crippen molar-refractivity contribution in [2.45, 2.75) is 27.2 Å². The van der Waals surface area contributed by atoms with Gasteiger partial charge in [-0.25, -0.2) is 4.79 Å². The number of benzene rings is 2. The molecule has 6 heteroatoms. The van der Waals surface area contributed by atoms with E-state index in [9.17, 15) is 4.79 Å². The van der Waals surface area contributed by atoms with Crippen LogP contribution in [0.4, 0.5) is 11.4 Å². The van der Waals surface area contributed by atoms with Crippen molar-refractivity contribution < 1.29 is 26.7 Å². The van der Waals surface area contributed by atoms with Crippen molar-refractivity contribution in [1.29, 1.82) is 0 Å². The van der Waals surface area contributed by atoms with Gasteiger partial charge in [-0.15, -0.1) is 0 Å². The van der Waals surface area contributed by atoms with E-state index in [0.29, 0.717) is 18.8 Å². The fraction of sp³-hybridized carbons (Fsp3) is 0.273. The molecule has 28 heavy (non-hydrogen) atoms. The number of hydrogen-bond donors (Lipinski definition) is 1. The molecular formula is C22H24ClN2O3-. The first kappa shape index (κ1) is 21.5. The van der Waals surface area contributed by atoms with Gasteiger partial charge in [-0.05, 0) is 68.8 Å². The van der Waals surface area contributed by atoms with Crippen LogP contribution in [0.3, 0.4) is 0 Å². The van der Waals surface area contributed by atoms with Gasteiger partial charge in [0.2, 0.25) is 0 Å². The predicted molar refractivity (Wildman–Crippen MR) is 108 cm³/mol. The molecule has 5 nitrogen and oxygen atoms in total. The van der Waals surface area contributed by atoms with Crippen LogP contribution in [0.5, 0.6) is 5.75 Å². The number of hydrogen-bond acceptors (Lipinski definition) is 5. The Balaban J connectivity index is 0.00000280. The summed E-state index contributed by atoms with van der Waals surface area (Å²) >= 11 is 0. The number of fused-ring (bicyclic) bond motifs is 1. The maximum absolute atomic E-state index is 11.9. The number of esters is 1. The molecule has 0 radical (unpaired) electrons. The molecule has 0 spiro atoms. The summed E-state index contributed by atoms with van der Waals surface area (Å²) in [4.78, 5) is 16.5. The molecule has 1 N–H and O–H groups in total. The van der Waals surface area contributed by atoms with Crippen LogP contribution in [-0.4, -0.2) is 24.2 Å². The second-order valence-electron chi connectivity index (χ2n) is 6.26. The van der Waals surface area contributed by atoms with Crippen LogP contribution in [0.1, 0.15) is 36.3 Å². The zero-order valence-electron chi connectivity index (χ0n) is 16.3. The third-order valence-corrected chi connectivity index (χ3v) is 4.06. The molecule has 3 aromatic rings. The number of anilines is 2. The van der Waals surface area contributed by atoms with Crippen molar-refractivity contribution in [3.63, 3.8) is 0 Å². The molecule has 2 aromatic carbocycles. The van der Waals surface area contributed by atoms with Gasteiger partial charge in [0.1, 0.15) is 5.75 Å². The highest BCUT2D eigenvalue weighted by Crippen LogP contribution is 2.29. The molecule has 3 rings (SSSR count). The third-order valence-electron chi connectivity index (χ3n) is 4.06. The van der Waals surface area contributed by atoms with E-state index in [0.717, 1.165) is 40.1 Å². The Labute approximate surface area is 171 Å². The molecule has 0 atom stereocenters. The van der Waals surface area contributed by atoms with Crippen molar-refractivity contribution in [2.75, 3.05) is 18.5 Å². The summed E-state index contributed by atoms with van der Waals surface area (Å²) < 4.78 is 10.8. The van der Waals surface area contributed by atoms with Gasteiger partial charge in [0.05, 0.1) is 24.3 Å². The van der Waals surface area contributed by atoms with Gasteiger partial charge in [-0.1, -0.05) is 6.92 Å². The normalized spacial score (nSPS) is 10.2. The highest BCUT2D eigenvalue weighted by Gasteiger charge is 2.09. The van der Waals surface area contributed by atoms with Crippen LogP contribution in [0, 0.1) is 6.92 Å². The largest absolute Gasteiger partial charge is 1.00 e. The summed E-state index contributed by atoms with van der Waals surface area (Å²) in [7, 11) is 0. The molecule has 1 aromatic heterocycles. The average molecular weight is 400 g/mol. The zero-order chi connectivity index (χ0) is 19.2. The van der Waals surface area contributed by atoms with Gasteiger partial charge >= 0.3 is 5.97 Å². The molecule has 0 bridgehead atoms. The third kappa shape index (κ3) is 5.14. The summed E-state index contributed by atoms with van der Waals surface area (Å²) in [6.45, 7) is 6.95. The number of halogens is 1. The van der Waals surface area contributed by atoms with Crippen LogP contribution in [0.15, 0.2) is 48.5 Å². The lowest BCUT2D eigenvalue weighted by atomic mass is 10.1. The van der Waals surface area contributed by atoms with E-state index >= 15 is 0 Å². The summed E-state index contributed by atoms with van der Waals surface area (Å²) in [5, 5.41) is 4.40. The first-order valence-electron chi connectivity index (χ1n) is 9.19. The number of ether oxygens (including phenoxy) is 2. The van der Waals surface area contributed by atoms with Gasteiger partial charge in [0.25, 0.3) is 0 Å². The predicted octanol–water partition coefficient (Wildman–Crippen LogP) is 2.26. The molecule has 0 aliphatic rings. The molecule has 0 aliphatic heterocycles. The van der Waals surface area contributed by atoms with Crippen LogP contribution in [0.25, 0.3) is 10.9 Å². The molecule has 148 valence electrons. The second kappa shape index (κ2) is 9.95. The first-order chi connectivity index (χ1) is 13.1. The molecule has 0 fully saturated rings. The van der Waals surface area contributed by atoms with E-state index in [-0.39, 0.29) is 18.4 Å². The van der Waals surface area contributed by atoms with E-state index in [2.05, 4.69) is 10.3 Å². The van der Waals surface area contributed by atoms with Gasteiger partial charge in [0, 0.05) is 22.5 Å². The Kier molecular flexibility index (Phi) is 7.64. The topological polar surface area (TPSA) is 60.5 Å². The van der Waals surface area contributed by atoms with Crippen molar-refractivity contribution in [1.82, 2.24) is 4.98 Å². The van der Waals surface area contributed by atoms with Gasteiger partial charge < -0.3 is 27.2 Å². The minimum absolute atomic E-state index is 0. The fourth-order valence-electron chi connectivity index (χ4n) is 2.82. The van der Waals surface area contributed by atoms with Crippen LogP contribution in [-0.2, 0) is 4.74 Å². The number of rotatable bonds is 7. The average Bonchev–Trinajstić information content (AvgIpc) is 2.67. The maximum Gasteiger partial charge on any atom is 0.338 e. The lowest BCUT2D eigenvalue weighted by Crippen LogP contribution is -3.00. The van der Waals surface area contributed by atoms with E-state index in [1.165, 1.54) is 0 Å². The van der Waals surface area contributed by atoms with Crippen molar-refractivity contribution >= 4 is 28.2 Å². The molecule has 0 saturated carbocycles. The summed E-state index contributed by atoms with van der Waals surface area (Å²) in [5.74, 6) is 0.516. The van der Waals surface area contributed by atoms with E-state index in [1.807, 2.05) is 57.2 Å². The highest BCUT2D eigenvalue weighted by molar-refractivity contribution is 5.94. The Morgan fingerprint density at radius 3 is 2.50 bits per heavy atom. The summed E-state index contributed by atoms with van der Waals surface area (Å²) in [6.07, 6.45) is 0.809. The minimum atomic E-state index is -0.296.